The standard InChI is InChI=1S/C24H35N3/c1-8-20-12-11-13-21(16-20)26-24(25-18(4)5)27(19(6)7)23-15-10-9-14-22(23)17(2)3/h9-19H,8H2,1-7H3,(H,25,26). The third-order valence-corrected chi connectivity index (χ3v) is 4.53. The maximum absolute atomic E-state index is 4.96. The topological polar surface area (TPSA) is 27.6 Å². The number of hydrogen-bond donors (Lipinski definition) is 1. The van der Waals surface area contributed by atoms with Gasteiger partial charge in [0, 0.05) is 23.5 Å². The third-order valence-electron chi connectivity index (χ3n) is 4.53. The molecule has 2 rings (SSSR count). The second kappa shape index (κ2) is 9.59. The Morgan fingerprint density at radius 2 is 1.67 bits per heavy atom. The Kier molecular flexibility index (Phi) is 7.46. The van der Waals surface area contributed by atoms with Crippen LogP contribution in [0.4, 0.5) is 11.4 Å². The minimum atomic E-state index is 0.203. The summed E-state index contributed by atoms with van der Waals surface area (Å²) in [6, 6.07) is 17.7. The van der Waals surface area contributed by atoms with E-state index in [1.165, 1.54) is 16.8 Å². The van der Waals surface area contributed by atoms with Crippen LogP contribution < -0.4 is 10.2 Å². The third kappa shape index (κ3) is 5.59. The van der Waals surface area contributed by atoms with Crippen molar-refractivity contribution in [3.63, 3.8) is 0 Å². The second-order valence-electron chi connectivity index (χ2n) is 7.90. The number of aliphatic imine (C=N–C) groups is 1. The smallest absolute Gasteiger partial charge is 0.203 e. The molecule has 2 aromatic rings. The minimum Gasteiger partial charge on any atom is -0.326 e. The summed E-state index contributed by atoms with van der Waals surface area (Å²) in [4.78, 5) is 7.28. The molecule has 3 nitrogen and oxygen atoms in total. The summed E-state index contributed by atoms with van der Waals surface area (Å²) in [5.41, 5.74) is 4.97. The van der Waals surface area contributed by atoms with Gasteiger partial charge in [-0.15, -0.1) is 0 Å². The lowest BCUT2D eigenvalue weighted by molar-refractivity contribution is 0.767. The highest BCUT2D eigenvalue weighted by Gasteiger charge is 2.21. The molecular weight excluding hydrogens is 330 g/mol. The Labute approximate surface area is 165 Å². The average molecular weight is 366 g/mol. The Hall–Kier alpha value is -2.29. The van der Waals surface area contributed by atoms with E-state index in [0.29, 0.717) is 5.92 Å². The molecule has 0 aliphatic heterocycles. The van der Waals surface area contributed by atoms with E-state index in [-0.39, 0.29) is 12.1 Å². The zero-order valence-electron chi connectivity index (χ0n) is 18.0. The van der Waals surface area contributed by atoms with E-state index in [9.17, 15) is 0 Å². The van der Waals surface area contributed by atoms with E-state index in [1.54, 1.807) is 0 Å². The monoisotopic (exact) mass is 365 g/mol. The van der Waals surface area contributed by atoms with Gasteiger partial charge in [-0.05, 0) is 69.4 Å². The van der Waals surface area contributed by atoms with Crippen molar-refractivity contribution in [2.75, 3.05) is 10.2 Å². The number of hydrogen-bond acceptors (Lipinski definition) is 1. The number of para-hydroxylation sites is 1. The summed E-state index contributed by atoms with van der Waals surface area (Å²) >= 11 is 0. The first kappa shape index (κ1) is 21.0. The number of aryl methyl sites for hydroxylation is 1. The van der Waals surface area contributed by atoms with Gasteiger partial charge in [-0.25, -0.2) is 4.99 Å². The van der Waals surface area contributed by atoms with E-state index in [2.05, 4.69) is 107 Å². The molecule has 146 valence electrons. The normalized spacial score (nSPS) is 12.1. The first-order valence-corrected chi connectivity index (χ1v) is 10.1. The van der Waals surface area contributed by atoms with Crippen LogP contribution >= 0.6 is 0 Å². The molecule has 0 unspecified atom stereocenters. The van der Waals surface area contributed by atoms with Crippen LogP contribution in [0.15, 0.2) is 53.5 Å². The second-order valence-corrected chi connectivity index (χ2v) is 7.90. The van der Waals surface area contributed by atoms with Gasteiger partial charge in [0.2, 0.25) is 5.96 Å². The zero-order chi connectivity index (χ0) is 20.0. The number of nitrogens with one attached hydrogen (secondary N) is 1. The maximum Gasteiger partial charge on any atom is 0.203 e. The van der Waals surface area contributed by atoms with Crippen molar-refractivity contribution >= 4 is 17.3 Å². The average Bonchev–Trinajstić information content (AvgIpc) is 2.61. The predicted octanol–water partition coefficient (Wildman–Crippen LogP) is 6.46. The Balaban J connectivity index is 2.51. The lowest BCUT2D eigenvalue weighted by Gasteiger charge is -2.33. The fourth-order valence-electron chi connectivity index (χ4n) is 3.23. The summed E-state index contributed by atoms with van der Waals surface area (Å²) in [6.07, 6.45) is 1.02. The molecule has 0 heterocycles. The Bertz CT molecular complexity index is 760. The molecule has 0 fully saturated rings. The number of anilines is 2. The highest BCUT2D eigenvalue weighted by Crippen LogP contribution is 2.29. The van der Waals surface area contributed by atoms with E-state index in [1.807, 2.05) is 0 Å². The molecule has 2 aromatic carbocycles. The van der Waals surface area contributed by atoms with Gasteiger partial charge in [-0.3, -0.25) is 0 Å². The lowest BCUT2D eigenvalue weighted by Crippen LogP contribution is -2.42. The summed E-state index contributed by atoms with van der Waals surface area (Å²) in [5.74, 6) is 1.35. The number of guanidine groups is 1. The van der Waals surface area contributed by atoms with Gasteiger partial charge in [0.15, 0.2) is 0 Å². The molecule has 0 atom stereocenters. The largest absolute Gasteiger partial charge is 0.326 e. The van der Waals surface area contributed by atoms with Gasteiger partial charge in [-0.1, -0.05) is 51.1 Å². The lowest BCUT2D eigenvalue weighted by atomic mass is 10.00. The maximum atomic E-state index is 4.96. The van der Waals surface area contributed by atoms with Crippen molar-refractivity contribution in [3.05, 3.63) is 59.7 Å². The van der Waals surface area contributed by atoms with E-state index < -0.39 is 0 Å². The van der Waals surface area contributed by atoms with E-state index >= 15 is 0 Å². The van der Waals surface area contributed by atoms with Gasteiger partial charge >= 0.3 is 0 Å². The predicted molar refractivity (Wildman–Crippen MR) is 120 cm³/mol. The molecule has 3 heteroatoms. The van der Waals surface area contributed by atoms with Gasteiger partial charge in [0.25, 0.3) is 0 Å². The van der Waals surface area contributed by atoms with Gasteiger partial charge in [0.1, 0.15) is 0 Å². The summed E-state index contributed by atoms with van der Waals surface area (Å²) in [7, 11) is 0. The number of rotatable bonds is 6. The first-order chi connectivity index (χ1) is 12.8. The van der Waals surface area contributed by atoms with E-state index in [0.717, 1.165) is 18.1 Å². The highest BCUT2D eigenvalue weighted by atomic mass is 15.3. The van der Waals surface area contributed by atoms with Crippen LogP contribution in [0.25, 0.3) is 0 Å². The van der Waals surface area contributed by atoms with Crippen molar-refractivity contribution in [1.82, 2.24) is 0 Å². The van der Waals surface area contributed by atoms with Crippen molar-refractivity contribution in [1.29, 1.82) is 0 Å². The molecule has 27 heavy (non-hydrogen) atoms. The van der Waals surface area contributed by atoms with Crippen LogP contribution in [0, 0.1) is 0 Å². The molecule has 0 spiro atoms. The SMILES string of the molecule is CCc1cccc(NC(=NC(C)C)N(c2ccccc2C(C)C)C(C)C)c1. The van der Waals surface area contributed by atoms with Crippen LogP contribution in [0.2, 0.25) is 0 Å². The molecule has 0 aliphatic carbocycles. The molecule has 0 radical (unpaired) electrons. The number of benzene rings is 2. The summed E-state index contributed by atoms with van der Waals surface area (Å²) in [5, 5.41) is 3.61. The van der Waals surface area contributed by atoms with Crippen LogP contribution in [-0.4, -0.2) is 18.0 Å². The molecule has 0 saturated carbocycles. The molecule has 0 aliphatic rings. The molecule has 0 aromatic heterocycles. The zero-order valence-corrected chi connectivity index (χ0v) is 18.0. The van der Waals surface area contributed by atoms with Crippen LogP contribution in [0.1, 0.15) is 65.5 Å². The van der Waals surface area contributed by atoms with E-state index in [4.69, 9.17) is 4.99 Å². The van der Waals surface area contributed by atoms with Crippen molar-refractivity contribution in [2.24, 2.45) is 4.99 Å². The fraction of sp³-hybridized carbons (Fsp3) is 0.458. The molecular formula is C24H35N3. The molecule has 1 N–H and O–H groups in total. The van der Waals surface area contributed by atoms with Crippen molar-refractivity contribution < 1.29 is 0 Å². The minimum absolute atomic E-state index is 0.203. The van der Waals surface area contributed by atoms with Crippen LogP contribution in [0.5, 0.6) is 0 Å². The molecule has 0 amide bonds. The fourth-order valence-corrected chi connectivity index (χ4v) is 3.23. The Morgan fingerprint density at radius 3 is 2.26 bits per heavy atom. The summed E-state index contributed by atoms with van der Waals surface area (Å²) < 4.78 is 0. The van der Waals surface area contributed by atoms with Crippen molar-refractivity contribution in [3.8, 4) is 0 Å². The quantitative estimate of drug-likeness (QED) is 0.469. The first-order valence-electron chi connectivity index (χ1n) is 10.1. The number of nitrogens with zero attached hydrogens (tertiary/aromatic N) is 2. The van der Waals surface area contributed by atoms with Gasteiger partial charge in [0.05, 0.1) is 0 Å². The highest BCUT2D eigenvalue weighted by molar-refractivity contribution is 6.06. The van der Waals surface area contributed by atoms with Gasteiger partial charge in [-0.2, -0.15) is 0 Å². The van der Waals surface area contributed by atoms with Gasteiger partial charge < -0.3 is 10.2 Å². The van der Waals surface area contributed by atoms with Crippen molar-refractivity contribution in [2.45, 2.75) is 72.9 Å². The molecule has 0 saturated heterocycles. The van der Waals surface area contributed by atoms with Crippen LogP contribution in [-0.2, 0) is 6.42 Å². The summed E-state index contributed by atoms with van der Waals surface area (Å²) in [6.45, 7) is 15.4. The molecule has 0 bridgehead atoms. The van der Waals surface area contributed by atoms with Crippen LogP contribution in [0.3, 0.4) is 0 Å². The Morgan fingerprint density at radius 1 is 0.963 bits per heavy atom.